The van der Waals surface area contributed by atoms with Gasteiger partial charge in [-0.15, -0.1) is 0 Å². The molecule has 17 heavy (non-hydrogen) atoms. The molecule has 0 aliphatic rings. The van der Waals surface area contributed by atoms with E-state index in [-0.39, 0.29) is 6.42 Å². The van der Waals surface area contributed by atoms with Gasteiger partial charge >= 0.3 is 0 Å². The lowest BCUT2D eigenvalue weighted by atomic mass is 10.1. The second-order valence-electron chi connectivity index (χ2n) is 3.87. The second-order valence-corrected chi connectivity index (χ2v) is 3.87. The Morgan fingerprint density at radius 3 is 2.82 bits per heavy atom. The summed E-state index contributed by atoms with van der Waals surface area (Å²) in [4.78, 5) is 8.24. The fourth-order valence-corrected chi connectivity index (χ4v) is 1.52. The predicted molar refractivity (Wildman–Crippen MR) is 59.9 cm³/mol. The second kappa shape index (κ2) is 4.71. The quantitative estimate of drug-likeness (QED) is 0.888. The average molecular weight is 238 g/mol. The van der Waals surface area contributed by atoms with Crippen molar-refractivity contribution >= 4 is 11.0 Å². The highest BCUT2D eigenvalue weighted by Gasteiger charge is 2.27. The first kappa shape index (κ1) is 11.9. The number of hydrogen-bond donors (Lipinski definition) is 1. The number of aliphatic hydroxyl groups is 1. The highest BCUT2D eigenvalue weighted by Crippen LogP contribution is 2.20. The Bertz CT molecular complexity index is 517. The molecule has 2 heterocycles. The first-order valence-corrected chi connectivity index (χ1v) is 5.30. The smallest absolute Gasteiger partial charge is 0.271 e. The van der Waals surface area contributed by atoms with Crippen molar-refractivity contribution in [1.82, 2.24) is 9.97 Å². The monoisotopic (exact) mass is 238 g/mol. The molecule has 0 atom stereocenters. The van der Waals surface area contributed by atoms with Gasteiger partial charge in [0.1, 0.15) is 6.61 Å². The van der Waals surface area contributed by atoms with E-state index in [1.165, 1.54) is 0 Å². The fourth-order valence-electron chi connectivity index (χ4n) is 1.52. The number of pyridine rings is 2. The van der Waals surface area contributed by atoms with Crippen LogP contribution in [-0.4, -0.2) is 27.6 Å². The topological polar surface area (TPSA) is 46.0 Å². The van der Waals surface area contributed by atoms with Crippen molar-refractivity contribution in [1.29, 1.82) is 0 Å². The van der Waals surface area contributed by atoms with Crippen LogP contribution in [0.15, 0.2) is 30.5 Å². The van der Waals surface area contributed by atoms with E-state index in [0.717, 1.165) is 5.39 Å². The molecule has 1 N–H and O–H groups in total. The van der Waals surface area contributed by atoms with Gasteiger partial charge in [-0.05, 0) is 30.7 Å². The van der Waals surface area contributed by atoms with E-state index in [2.05, 4.69) is 9.97 Å². The van der Waals surface area contributed by atoms with Crippen LogP contribution < -0.4 is 0 Å². The minimum Gasteiger partial charge on any atom is -0.390 e. The van der Waals surface area contributed by atoms with Crippen LogP contribution in [-0.2, 0) is 6.42 Å². The number of aliphatic hydroxyl groups excluding tert-OH is 1. The summed E-state index contributed by atoms with van der Waals surface area (Å²) in [5.41, 5.74) is 1.11. The third kappa shape index (κ3) is 2.94. The Balaban J connectivity index is 2.14. The fraction of sp³-hybridized carbons (Fsp3) is 0.333. The maximum atomic E-state index is 12.9. The molecule has 0 aliphatic heterocycles. The molecule has 90 valence electrons. The lowest BCUT2D eigenvalue weighted by Gasteiger charge is -2.12. The normalized spacial score (nSPS) is 11.9. The van der Waals surface area contributed by atoms with Crippen LogP contribution in [0.3, 0.4) is 0 Å². The van der Waals surface area contributed by atoms with Crippen LogP contribution in [0, 0.1) is 0 Å². The molecule has 0 saturated carbocycles. The lowest BCUT2D eigenvalue weighted by molar-refractivity contribution is -0.0559. The minimum absolute atomic E-state index is 0.125. The largest absolute Gasteiger partial charge is 0.390 e. The average Bonchev–Trinajstić information content (AvgIpc) is 2.36. The molecule has 0 radical (unpaired) electrons. The number of halogens is 2. The number of hydrogen-bond acceptors (Lipinski definition) is 3. The van der Waals surface area contributed by atoms with Gasteiger partial charge < -0.3 is 5.11 Å². The third-order valence-corrected chi connectivity index (χ3v) is 2.50. The number of aromatic nitrogens is 2. The highest BCUT2D eigenvalue weighted by molar-refractivity contribution is 5.74. The van der Waals surface area contributed by atoms with Crippen LogP contribution in [0.4, 0.5) is 8.78 Å². The van der Waals surface area contributed by atoms with Gasteiger partial charge in [-0.3, -0.25) is 0 Å². The van der Waals surface area contributed by atoms with E-state index >= 15 is 0 Å². The summed E-state index contributed by atoms with van der Waals surface area (Å²) in [6.07, 6.45) is 1.33. The number of nitrogens with zero attached hydrogens (tertiary/aromatic N) is 2. The SMILES string of the molecule is OCC(F)(F)CCc1ccc2cccnc2n1. The summed E-state index contributed by atoms with van der Waals surface area (Å²) in [5, 5.41) is 9.34. The van der Waals surface area contributed by atoms with Crippen LogP contribution in [0.25, 0.3) is 11.0 Å². The summed E-state index contributed by atoms with van der Waals surface area (Å²) < 4.78 is 25.7. The van der Waals surface area contributed by atoms with E-state index < -0.39 is 19.0 Å². The van der Waals surface area contributed by atoms with Crippen LogP contribution in [0.5, 0.6) is 0 Å². The first-order valence-electron chi connectivity index (χ1n) is 5.30. The number of alkyl halides is 2. The summed E-state index contributed by atoms with van der Waals surface area (Å²) in [6.45, 7) is -1.13. The maximum absolute atomic E-state index is 12.9. The van der Waals surface area contributed by atoms with Crippen molar-refractivity contribution < 1.29 is 13.9 Å². The molecule has 2 aromatic rings. The van der Waals surface area contributed by atoms with Crippen LogP contribution in [0.1, 0.15) is 12.1 Å². The highest BCUT2D eigenvalue weighted by atomic mass is 19.3. The molecule has 0 saturated heterocycles. The van der Waals surface area contributed by atoms with E-state index in [4.69, 9.17) is 5.11 Å². The summed E-state index contributed by atoms with van der Waals surface area (Å²) >= 11 is 0. The summed E-state index contributed by atoms with van der Waals surface area (Å²) in [7, 11) is 0. The van der Waals surface area contributed by atoms with Gasteiger partial charge in [-0.2, -0.15) is 0 Å². The van der Waals surface area contributed by atoms with E-state index in [1.807, 2.05) is 12.1 Å². The summed E-state index contributed by atoms with van der Waals surface area (Å²) in [5.74, 6) is -3.04. The van der Waals surface area contributed by atoms with Crippen molar-refractivity contribution in [2.45, 2.75) is 18.8 Å². The first-order chi connectivity index (χ1) is 8.11. The lowest BCUT2D eigenvalue weighted by Crippen LogP contribution is -2.22. The minimum atomic E-state index is -3.04. The summed E-state index contributed by atoms with van der Waals surface area (Å²) in [6, 6.07) is 7.17. The van der Waals surface area contributed by atoms with Crippen LogP contribution >= 0.6 is 0 Å². The Labute approximate surface area is 97.1 Å². The number of fused-ring (bicyclic) bond motifs is 1. The van der Waals surface area contributed by atoms with Crippen molar-refractivity contribution in [2.24, 2.45) is 0 Å². The van der Waals surface area contributed by atoms with Gasteiger partial charge in [0, 0.05) is 23.7 Å². The molecule has 2 aromatic heterocycles. The molecule has 0 spiro atoms. The van der Waals surface area contributed by atoms with Gasteiger partial charge in [-0.25, -0.2) is 18.7 Å². The van der Waals surface area contributed by atoms with Crippen molar-refractivity contribution in [3.8, 4) is 0 Å². The molecule has 0 amide bonds. The third-order valence-electron chi connectivity index (χ3n) is 2.50. The zero-order valence-electron chi connectivity index (χ0n) is 9.11. The Hall–Kier alpha value is -1.62. The van der Waals surface area contributed by atoms with E-state index in [0.29, 0.717) is 11.3 Å². The molecular weight excluding hydrogens is 226 g/mol. The molecule has 0 aliphatic carbocycles. The molecule has 0 unspecified atom stereocenters. The molecule has 0 aromatic carbocycles. The van der Waals surface area contributed by atoms with Crippen LogP contribution in [0.2, 0.25) is 0 Å². The van der Waals surface area contributed by atoms with Gasteiger partial charge in [0.2, 0.25) is 0 Å². The molecule has 0 fully saturated rings. The van der Waals surface area contributed by atoms with Gasteiger partial charge in [0.25, 0.3) is 5.92 Å². The molecule has 2 rings (SSSR count). The Morgan fingerprint density at radius 1 is 1.24 bits per heavy atom. The van der Waals surface area contributed by atoms with Crippen molar-refractivity contribution in [2.75, 3.05) is 6.61 Å². The van der Waals surface area contributed by atoms with Gasteiger partial charge in [0.15, 0.2) is 5.65 Å². The molecular formula is C12H12F2N2O. The van der Waals surface area contributed by atoms with Gasteiger partial charge in [0.05, 0.1) is 0 Å². The number of rotatable bonds is 4. The number of aryl methyl sites for hydroxylation is 1. The van der Waals surface area contributed by atoms with Gasteiger partial charge in [-0.1, -0.05) is 0 Å². The zero-order valence-corrected chi connectivity index (χ0v) is 9.11. The van der Waals surface area contributed by atoms with Crippen molar-refractivity contribution in [3.05, 3.63) is 36.2 Å². The van der Waals surface area contributed by atoms with E-state index in [1.54, 1.807) is 18.3 Å². The Kier molecular flexibility index (Phi) is 3.28. The predicted octanol–water partition coefficient (Wildman–Crippen LogP) is 2.19. The zero-order chi connectivity index (χ0) is 12.3. The van der Waals surface area contributed by atoms with Crippen molar-refractivity contribution in [3.63, 3.8) is 0 Å². The maximum Gasteiger partial charge on any atom is 0.271 e. The standard InChI is InChI=1S/C12H12F2N2O/c13-12(14,8-17)6-5-10-4-3-9-2-1-7-15-11(9)16-10/h1-4,7,17H,5-6,8H2. The molecule has 3 nitrogen and oxygen atoms in total. The molecule has 5 heteroatoms. The van der Waals surface area contributed by atoms with E-state index in [9.17, 15) is 8.78 Å². The Morgan fingerprint density at radius 2 is 2.06 bits per heavy atom. The molecule has 0 bridgehead atoms.